The molecule has 4 nitrogen and oxygen atoms in total. The van der Waals surface area contributed by atoms with E-state index in [9.17, 15) is 5.11 Å². The molecule has 1 N–H and O–H groups in total. The molecule has 8 rings (SSSR count). The number of rotatable bonds is 0. The minimum atomic E-state index is -0.568. The van der Waals surface area contributed by atoms with Crippen molar-refractivity contribution in [3.8, 4) is 5.75 Å². The summed E-state index contributed by atoms with van der Waals surface area (Å²) in [6.45, 7) is 0. The van der Waals surface area contributed by atoms with Gasteiger partial charge in [0.15, 0.2) is 5.60 Å². The van der Waals surface area contributed by atoms with E-state index in [1.807, 2.05) is 6.07 Å². The van der Waals surface area contributed by atoms with E-state index in [1.165, 1.54) is 37.7 Å². The summed E-state index contributed by atoms with van der Waals surface area (Å²) < 4.78 is 0. The summed E-state index contributed by atoms with van der Waals surface area (Å²) in [7, 11) is 2.08. The minimum absolute atomic E-state index is 0.274. The molecule has 28 heavy (non-hydrogen) atoms. The number of benzene rings is 2. The third-order valence-corrected chi connectivity index (χ3v) is 8.57. The normalized spacial score (nSPS) is 41.8. The second-order valence-corrected chi connectivity index (χ2v) is 9.72. The number of nitrogens with zero attached hydrogens (tertiary/aromatic N) is 1. The molecule has 2 aromatic carbocycles. The lowest BCUT2D eigenvalue weighted by molar-refractivity contribution is -0.583. The topological polar surface area (TPSA) is 41.9 Å². The van der Waals surface area contributed by atoms with Crippen LogP contribution in [0.5, 0.6) is 5.75 Å². The molecule has 4 bridgehead atoms. The Balaban J connectivity index is 1.52. The van der Waals surface area contributed by atoms with Crippen LogP contribution in [0.25, 0.3) is 0 Å². The van der Waals surface area contributed by atoms with Crippen molar-refractivity contribution in [2.45, 2.75) is 43.3 Å². The number of phenolic OH excluding ortho intramolecular Hbond substituents is 1. The summed E-state index contributed by atoms with van der Waals surface area (Å²) in [5.41, 5.74) is 3.69. The lowest BCUT2D eigenvalue weighted by Crippen LogP contribution is -2.76. The van der Waals surface area contributed by atoms with Gasteiger partial charge in [0, 0.05) is 29.9 Å². The van der Waals surface area contributed by atoms with E-state index >= 15 is 0 Å². The molecule has 2 heterocycles. The molecular weight excluding hydrogens is 350 g/mol. The Morgan fingerprint density at radius 2 is 1.54 bits per heavy atom. The fourth-order valence-electron chi connectivity index (χ4n) is 7.76. The van der Waals surface area contributed by atoms with Crippen molar-refractivity contribution in [1.29, 1.82) is 0 Å². The highest BCUT2D eigenvalue weighted by atomic mass is 17.3. The Kier molecular flexibility index (Phi) is 2.78. The monoisotopic (exact) mass is 375 g/mol. The number of phenols is 1. The van der Waals surface area contributed by atoms with Crippen LogP contribution >= 0.6 is 0 Å². The molecule has 4 aliphatic carbocycles. The van der Waals surface area contributed by atoms with E-state index in [1.54, 1.807) is 6.07 Å². The molecule has 5 fully saturated rings. The summed E-state index contributed by atoms with van der Waals surface area (Å²) >= 11 is 0. The predicted molar refractivity (Wildman–Crippen MR) is 105 cm³/mol. The van der Waals surface area contributed by atoms with Crippen molar-refractivity contribution in [2.24, 2.45) is 23.7 Å². The molecule has 0 amide bonds. The van der Waals surface area contributed by atoms with Crippen LogP contribution in [0.2, 0.25) is 0 Å². The largest absolute Gasteiger partial charge is 0.508 e. The number of aromatic hydroxyl groups is 1. The van der Waals surface area contributed by atoms with E-state index in [4.69, 9.17) is 9.78 Å². The van der Waals surface area contributed by atoms with E-state index in [0.717, 1.165) is 28.8 Å². The molecule has 1 unspecified atom stereocenters. The first kappa shape index (κ1) is 15.8. The predicted octanol–water partition coefficient (Wildman–Crippen LogP) is 4.87. The van der Waals surface area contributed by atoms with Gasteiger partial charge in [-0.3, -0.25) is 0 Å². The van der Waals surface area contributed by atoms with Gasteiger partial charge >= 0.3 is 0 Å². The molecule has 0 aromatic heterocycles. The third-order valence-electron chi connectivity index (χ3n) is 8.57. The molecule has 144 valence electrons. The summed E-state index contributed by atoms with van der Waals surface area (Å²) in [4.78, 5) is 14.7. The standard InChI is InChI=1S/C24H25NO3/c1-25-21-5-3-2-4-19(21)24(20-7-6-18(26)13-22(20)25)23(27-28-24)16-9-14-8-15(11-16)12-17(23)10-14/h2-7,13-17,26H,8-12H2,1H3. The SMILES string of the molecule is CN1c2ccccc2C2(OOC23C2CC4CC(C2)CC3C4)c2ccc(O)cc21. The Morgan fingerprint density at radius 3 is 2.21 bits per heavy atom. The average Bonchev–Trinajstić information content (AvgIpc) is 2.67. The number of hydrogen-bond donors (Lipinski definition) is 1. The van der Waals surface area contributed by atoms with Gasteiger partial charge in [-0.15, -0.1) is 0 Å². The van der Waals surface area contributed by atoms with Crippen LogP contribution in [-0.2, 0) is 15.4 Å². The maximum atomic E-state index is 10.2. The van der Waals surface area contributed by atoms with Gasteiger partial charge in [0.05, 0.1) is 5.69 Å². The maximum Gasteiger partial charge on any atom is 0.190 e. The van der Waals surface area contributed by atoms with Crippen molar-refractivity contribution in [3.05, 3.63) is 53.6 Å². The summed E-state index contributed by atoms with van der Waals surface area (Å²) in [5, 5.41) is 10.2. The van der Waals surface area contributed by atoms with Crippen LogP contribution in [0.1, 0.15) is 43.2 Å². The average molecular weight is 375 g/mol. The fourth-order valence-corrected chi connectivity index (χ4v) is 7.76. The zero-order valence-corrected chi connectivity index (χ0v) is 16.1. The molecule has 0 radical (unpaired) electrons. The smallest absolute Gasteiger partial charge is 0.190 e. The van der Waals surface area contributed by atoms with Gasteiger partial charge in [-0.05, 0) is 74.0 Å². The highest BCUT2D eigenvalue weighted by molar-refractivity contribution is 5.79. The third kappa shape index (κ3) is 1.56. The van der Waals surface area contributed by atoms with Gasteiger partial charge in [0.25, 0.3) is 0 Å². The number of anilines is 2. The first-order valence-electron chi connectivity index (χ1n) is 10.7. The molecule has 1 saturated heterocycles. The summed E-state index contributed by atoms with van der Waals surface area (Å²) in [6.07, 6.45) is 6.49. The highest BCUT2D eigenvalue weighted by Gasteiger charge is 2.77. The Labute approximate surface area is 165 Å². The Hall–Kier alpha value is -2.04. The van der Waals surface area contributed by atoms with Crippen LogP contribution in [0.4, 0.5) is 11.4 Å². The zero-order chi connectivity index (χ0) is 18.7. The van der Waals surface area contributed by atoms with Crippen molar-refractivity contribution in [1.82, 2.24) is 0 Å². The Bertz CT molecular complexity index is 973. The van der Waals surface area contributed by atoms with Crippen molar-refractivity contribution >= 4 is 11.4 Å². The van der Waals surface area contributed by atoms with E-state index in [-0.39, 0.29) is 5.60 Å². The van der Waals surface area contributed by atoms with Crippen molar-refractivity contribution in [2.75, 3.05) is 11.9 Å². The van der Waals surface area contributed by atoms with Crippen molar-refractivity contribution in [3.63, 3.8) is 0 Å². The fraction of sp³-hybridized carbons (Fsp3) is 0.500. The molecule has 1 atom stereocenters. The van der Waals surface area contributed by atoms with Gasteiger partial charge in [0.2, 0.25) is 0 Å². The van der Waals surface area contributed by atoms with E-state index < -0.39 is 5.60 Å². The van der Waals surface area contributed by atoms with Gasteiger partial charge < -0.3 is 10.0 Å². The highest BCUT2D eigenvalue weighted by Crippen LogP contribution is 2.73. The Morgan fingerprint density at radius 1 is 0.857 bits per heavy atom. The summed E-state index contributed by atoms with van der Waals surface area (Å²) in [6, 6.07) is 14.3. The van der Waals surface area contributed by atoms with E-state index in [0.29, 0.717) is 17.6 Å². The van der Waals surface area contributed by atoms with Crippen LogP contribution < -0.4 is 4.90 Å². The van der Waals surface area contributed by atoms with Crippen molar-refractivity contribution < 1.29 is 14.9 Å². The van der Waals surface area contributed by atoms with Gasteiger partial charge in [-0.1, -0.05) is 18.2 Å². The molecule has 4 heteroatoms. The molecule has 2 spiro atoms. The maximum absolute atomic E-state index is 10.2. The molecule has 2 aromatic rings. The molecule has 4 saturated carbocycles. The first-order valence-corrected chi connectivity index (χ1v) is 10.7. The van der Waals surface area contributed by atoms with Gasteiger partial charge in [0.1, 0.15) is 11.4 Å². The molecule has 2 aliphatic heterocycles. The number of fused-ring (bicyclic) bond motifs is 4. The number of para-hydroxylation sites is 1. The summed E-state index contributed by atoms with van der Waals surface area (Å²) in [5.74, 6) is 3.14. The second-order valence-electron chi connectivity index (χ2n) is 9.72. The number of hydrogen-bond acceptors (Lipinski definition) is 4. The lowest BCUT2D eigenvalue weighted by Gasteiger charge is -2.70. The quantitative estimate of drug-likeness (QED) is 0.667. The van der Waals surface area contributed by atoms with Crippen LogP contribution in [0, 0.1) is 23.7 Å². The van der Waals surface area contributed by atoms with Gasteiger partial charge in [-0.2, -0.15) is 0 Å². The van der Waals surface area contributed by atoms with E-state index in [2.05, 4.69) is 42.3 Å². The lowest BCUT2D eigenvalue weighted by atomic mass is 9.44. The van der Waals surface area contributed by atoms with Crippen LogP contribution in [-0.4, -0.2) is 17.8 Å². The molecule has 6 aliphatic rings. The minimum Gasteiger partial charge on any atom is -0.508 e. The first-order chi connectivity index (χ1) is 13.6. The molecular formula is C24H25NO3. The zero-order valence-electron chi connectivity index (χ0n) is 16.1. The van der Waals surface area contributed by atoms with Crippen LogP contribution in [0.3, 0.4) is 0 Å². The van der Waals surface area contributed by atoms with Gasteiger partial charge in [-0.25, -0.2) is 9.78 Å². The second kappa shape index (κ2) is 4.92. The van der Waals surface area contributed by atoms with Crippen LogP contribution in [0.15, 0.2) is 42.5 Å².